The van der Waals surface area contributed by atoms with Crippen LogP contribution in [0.25, 0.3) is 0 Å². The number of rotatable bonds is 4. The Kier molecular flexibility index (Phi) is 4.34. The Balaban J connectivity index is 2.02. The summed E-state index contributed by atoms with van der Waals surface area (Å²) >= 11 is 13.5. The molecule has 0 aliphatic carbocycles. The van der Waals surface area contributed by atoms with Crippen LogP contribution in [-0.4, -0.2) is 21.9 Å². The van der Waals surface area contributed by atoms with E-state index in [1.165, 1.54) is 0 Å². The van der Waals surface area contributed by atoms with Crippen molar-refractivity contribution in [1.82, 2.24) is 14.9 Å². The van der Waals surface area contributed by atoms with Crippen molar-refractivity contribution in [1.29, 1.82) is 0 Å². The summed E-state index contributed by atoms with van der Waals surface area (Å²) in [5.41, 5.74) is 3.67. The lowest BCUT2D eigenvalue weighted by Crippen LogP contribution is -2.18. The summed E-state index contributed by atoms with van der Waals surface area (Å²) in [5, 5.41) is 3.13. The van der Waals surface area contributed by atoms with E-state index in [2.05, 4.69) is 14.9 Å². The standard InChI is InChI=1S/C11H11Cl2N3S/c1-16(4-8-6-17-7-14-8)5-10-9(12)2-3-11(13)15-10/h2-3,6-7H,4-5H2,1H3. The van der Waals surface area contributed by atoms with Gasteiger partial charge in [0, 0.05) is 18.5 Å². The predicted octanol–water partition coefficient (Wildman–Crippen LogP) is 3.48. The van der Waals surface area contributed by atoms with Gasteiger partial charge in [-0.15, -0.1) is 11.3 Å². The molecule has 0 saturated heterocycles. The van der Waals surface area contributed by atoms with Gasteiger partial charge in [-0.1, -0.05) is 23.2 Å². The zero-order chi connectivity index (χ0) is 12.3. The van der Waals surface area contributed by atoms with E-state index in [0.29, 0.717) is 16.7 Å². The molecule has 0 bridgehead atoms. The molecule has 0 saturated carbocycles. The molecule has 2 aromatic rings. The van der Waals surface area contributed by atoms with Gasteiger partial charge in [0.15, 0.2) is 0 Å². The molecule has 0 aliphatic rings. The third-order valence-corrected chi connectivity index (χ3v) is 3.41. The number of pyridine rings is 1. The Labute approximate surface area is 114 Å². The molecule has 0 radical (unpaired) electrons. The highest BCUT2D eigenvalue weighted by molar-refractivity contribution is 7.07. The molecule has 0 aliphatic heterocycles. The molecule has 3 nitrogen and oxygen atoms in total. The van der Waals surface area contributed by atoms with E-state index in [1.54, 1.807) is 23.5 Å². The van der Waals surface area contributed by atoms with Crippen LogP contribution in [0.2, 0.25) is 10.2 Å². The fourth-order valence-electron chi connectivity index (χ4n) is 1.47. The van der Waals surface area contributed by atoms with Crippen molar-refractivity contribution in [3.63, 3.8) is 0 Å². The van der Waals surface area contributed by atoms with Gasteiger partial charge in [-0.05, 0) is 19.2 Å². The van der Waals surface area contributed by atoms with E-state index in [-0.39, 0.29) is 0 Å². The van der Waals surface area contributed by atoms with Crippen molar-refractivity contribution in [2.24, 2.45) is 0 Å². The lowest BCUT2D eigenvalue weighted by Gasteiger charge is -2.15. The molecule has 6 heteroatoms. The Bertz CT molecular complexity index is 487. The minimum atomic E-state index is 0.464. The summed E-state index contributed by atoms with van der Waals surface area (Å²) in [5.74, 6) is 0. The molecule has 0 spiro atoms. The Morgan fingerprint density at radius 1 is 1.29 bits per heavy atom. The van der Waals surface area contributed by atoms with Crippen molar-refractivity contribution < 1.29 is 0 Å². The summed E-state index contributed by atoms with van der Waals surface area (Å²) in [6.45, 7) is 1.42. The normalized spacial score (nSPS) is 11.1. The molecule has 0 atom stereocenters. The van der Waals surface area contributed by atoms with Gasteiger partial charge in [-0.3, -0.25) is 4.90 Å². The molecule has 2 aromatic heterocycles. The predicted molar refractivity (Wildman–Crippen MR) is 71.5 cm³/mol. The lowest BCUT2D eigenvalue weighted by atomic mass is 10.3. The van der Waals surface area contributed by atoms with E-state index >= 15 is 0 Å². The first-order valence-corrected chi connectivity index (χ1v) is 6.71. The number of aromatic nitrogens is 2. The second kappa shape index (κ2) is 5.78. The second-order valence-corrected chi connectivity index (χ2v) is 5.23. The van der Waals surface area contributed by atoms with Crippen LogP contribution >= 0.6 is 34.5 Å². The van der Waals surface area contributed by atoms with Crippen molar-refractivity contribution in [3.05, 3.63) is 44.6 Å². The fourth-order valence-corrected chi connectivity index (χ4v) is 2.35. The smallest absolute Gasteiger partial charge is 0.129 e. The molecule has 0 N–H and O–H groups in total. The first kappa shape index (κ1) is 12.8. The summed E-state index contributed by atoms with van der Waals surface area (Å²) in [6.07, 6.45) is 0. The van der Waals surface area contributed by atoms with Crippen LogP contribution in [0.1, 0.15) is 11.4 Å². The molecule has 2 rings (SSSR count). The van der Waals surface area contributed by atoms with Crippen LogP contribution in [-0.2, 0) is 13.1 Å². The Morgan fingerprint density at radius 2 is 2.12 bits per heavy atom. The summed E-state index contributed by atoms with van der Waals surface area (Å²) in [4.78, 5) is 10.5. The van der Waals surface area contributed by atoms with Crippen molar-refractivity contribution >= 4 is 34.5 Å². The van der Waals surface area contributed by atoms with Crippen LogP contribution < -0.4 is 0 Å². The van der Waals surface area contributed by atoms with Crippen LogP contribution in [0.4, 0.5) is 0 Å². The minimum absolute atomic E-state index is 0.464. The number of hydrogen-bond acceptors (Lipinski definition) is 4. The number of nitrogens with zero attached hydrogens (tertiary/aromatic N) is 3. The largest absolute Gasteiger partial charge is 0.295 e. The quantitative estimate of drug-likeness (QED) is 0.807. The average molecular weight is 288 g/mol. The SMILES string of the molecule is CN(Cc1cscn1)Cc1nc(Cl)ccc1Cl. The molecule has 0 aromatic carbocycles. The van der Waals surface area contributed by atoms with Gasteiger partial charge in [0.25, 0.3) is 0 Å². The number of thiazole rings is 1. The van der Waals surface area contributed by atoms with E-state index in [4.69, 9.17) is 23.2 Å². The van der Waals surface area contributed by atoms with Crippen LogP contribution in [0.5, 0.6) is 0 Å². The maximum Gasteiger partial charge on any atom is 0.129 e. The third kappa shape index (κ3) is 3.64. The average Bonchev–Trinajstić information content (AvgIpc) is 2.76. The Hall–Kier alpha value is -0.680. The van der Waals surface area contributed by atoms with Crippen LogP contribution in [0.15, 0.2) is 23.0 Å². The van der Waals surface area contributed by atoms with Gasteiger partial charge in [0.05, 0.1) is 21.9 Å². The van der Waals surface area contributed by atoms with Crippen molar-refractivity contribution in [2.45, 2.75) is 13.1 Å². The first-order chi connectivity index (χ1) is 8.15. The van der Waals surface area contributed by atoms with Gasteiger partial charge < -0.3 is 0 Å². The first-order valence-electron chi connectivity index (χ1n) is 5.01. The van der Waals surface area contributed by atoms with Crippen LogP contribution in [0.3, 0.4) is 0 Å². The fraction of sp³-hybridized carbons (Fsp3) is 0.273. The molecule has 0 fully saturated rings. The Morgan fingerprint density at radius 3 is 2.82 bits per heavy atom. The zero-order valence-corrected chi connectivity index (χ0v) is 11.6. The van der Waals surface area contributed by atoms with Crippen molar-refractivity contribution in [2.75, 3.05) is 7.05 Å². The van der Waals surface area contributed by atoms with Crippen molar-refractivity contribution in [3.8, 4) is 0 Å². The maximum atomic E-state index is 6.06. The van der Waals surface area contributed by atoms with Gasteiger partial charge in [0.1, 0.15) is 5.15 Å². The molecule has 17 heavy (non-hydrogen) atoms. The summed E-state index contributed by atoms with van der Waals surface area (Å²) in [7, 11) is 2.00. The van der Waals surface area contributed by atoms with Crippen LogP contribution in [0, 0.1) is 0 Å². The van der Waals surface area contributed by atoms with E-state index in [9.17, 15) is 0 Å². The molecule has 90 valence electrons. The van der Waals surface area contributed by atoms with Gasteiger partial charge in [0.2, 0.25) is 0 Å². The second-order valence-electron chi connectivity index (χ2n) is 3.71. The highest BCUT2D eigenvalue weighted by atomic mass is 35.5. The summed E-state index contributed by atoms with van der Waals surface area (Å²) in [6, 6.07) is 3.46. The van der Waals surface area contributed by atoms with Gasteiger partial charge in [-0.2, -0.15) is 0 Å². The molecular formula is C11H11Cl2N3S. The van der Waals surface area contributed by atoms with Gasteiger partial charge in [-0.25, -0.2) is 9.97 Å². The number of halogens is 2. The molecular weight excluding hydrogens is 277 g/mol. The van der Waals surface area contributed by atoms with E-state index < -0.39 is 0 Å². The third-order valence-electron chi connectivity index (χ3n) is 2.22. The molecule has 0 amide bonds. The molecule has 2 heterocycles. The van der Waals surface area contributed by atoms with Gasteiger partial charge >= 0.3 is 0 Å². The van der Waals surface area contributed by atoms with E-state index in [1.807, 2.05) is 17.9 Å². The molecule has 0 unspecified atom stereocenters. The zero-order valence-electron chi connectivity index (χ0n) is 9.23. The lowest BCUT2D eigenvalue weighted by molar-refractivity contribution is 0.312. The highest BCUT2D eigenvalue weighted by Crippen LogP contribution is 2.18. The topological polar surface area (TPSA) is 29.0 Å². The highest BCUT2D eigenvalue weighted by Gasteiger charge is 2.08. The monoisotopic (exact) mass is 287 g/mol. The summed E-state index contributed by atoms with van der Waals surface area (Å²) < 4.78 is 0. The minimum Gasteiger partial charge on any atom is -0.295 e. The number of hydrogen-bond donors (Lipinski definition) is 0. The maximum absolute atomic E-state index is 6.06. The van der Waals surface area contributed by atoms with E-state index in [0.717, 1.165) is 17.9 Å².